The van der Waals surface area contributed by atoms with Crippen LogP contribution in [-0.2, 0) is 6.54 Å². The van der Waals surface area contributed by atoms with Crippen LogP contribution in [-0.4, -0.2) is 54.4 Å². The van der Waals surface area contributed by atoms with Crippen LogP contribution in [0, 0.1) is 0 Å². The van der Waals surface area contributed by atoms with E-state index < -0.39 is 0 Å². The minimum absolute atomic E-state index is 0.386. The van der Waals surface area contributed by atoms with E-state index >= 15 is 0 Å². The van der Waals surface area contributed by atoms with Crippen LogP contribution in [0.5, 0.6) is 0 Å². The summed E-state index contributed by atoms with van der Waals surface area (Å²) in [5, 5.41) is 11.5. The Morgan fingerprint density at radius 1 is 1.13 bits per heavy atom. The normalized spacial score (nSPS) is 14.9. The molecule has 0 radical (unpaired) electrons. The van der Waals surface area contributed by atoms with Crippen molar-refractivity contribution in [3.63, 3.8) is 0 Å². The Labute approximate surface area is 189 Å². The molecule has 0 spiro atoms. The van der Waals surface area contributed by atoms with E-state index in [2.05, 4.69) is 53.6 Å². The predicted octanol–water partition coefficient (Wildman–Crippen LogP) is 4.85. The largest absolute Gasteiger partial charge is 0.337 e. The van der Waals surface area contributed by atoms with Gasteiger partial charge in [-0.3, -0.25) is 10.00 Å². The Balaban J connectivity index is 1.40. The number of aromatic nitrogens is 6. The Morgan fingerprint density at radius 3 is 2.84 bits per heavy atom. The quantitative estimate of drug-likeness (QED) is 0.217. The average molecular weight is 455 g/mol. The van der Waals surface area contributed by atoms with E-state index in [1.165, 1.54) is 49.7 Å². The number of piperidine rings is 1. The summed E-state index contributed by atoms with van der Waals surface area (Å²) in [7, 11) is 0. The molecule has 1 saturated heterocycles. The van der Waals surface area contributed by atoms with E-state index in [1.54, 1.807) is 12.3 Å². The standard InChI is InChI=1S/C21H23ClN8S/c1-31-21-27-17(22)10-18(28-21)24-16-11-23-29-19(16)20-25-14-6-5-13(9-15(14)26-20)12-30-7-3-2-4-8-30/h5-6,9-11H,2-4,7-8,12H2,1H3,(H,23,29)(H,25,26)(H,24,27,28). The minimum atomic E-state index is 0.386. The number of thioether (sulfide) groups is 1. The number of likely N-dealkylation sites (tertiary alicyclic amines) is 1. The van der Waals surface area contributed by atoms with Crippen LogP contribution in [0.4, 0.5) is 11.5 Å². The lowest BCUT2D eigenvalue weighted by Crippen LogP contribution is -2.29. The Kier molecular flexibility index (Phi) is 5.80. The molecule has 1 aliphatic rings. The third-order valence-corrected chi connectivity index (χ3v) is 6.14. The predicted molar refractivity (Wildman–Crippen MR) is 125 cm³/mol. The van der Waals surface area contributed by atoms with Gasteiger partial charge in [-0.05, 0) is 49.9 Å². The molecule has 0 bridgehead atoms. The first-order chi connectivity index (χ1) is 15.2. The molecule has 5 rings (SSSR count). The molecule has 4 aromatic rings. The molecular formula is C21H23ClN8S. The van der Waals surface area contributed by atoms with Crippen molar-refractivity contribution in [3.8, 4) is 11.5 Å². The fourth-order valence-corrected chi connectivity index (χ4v) is 4.51. The lowest BCUT2D eigenvalue weighted by molar-refractivity contribution is 0.221. The van der Waals surface area contributed by atoms with E-state index in [4.69, 9.17) is 16.6 Å². The number of halogens is 1. The van der Waals surface area contributed by atoms with E-state index in [0.29, 0.717) is 16.1 Å². The number of H-pyrrole nitrogens is 2. The summed E-state index contributed by atoms with van der Waals surface area (Å²) in [4.78, 5) is 19.3. The van der Waals surface area contributed by atoms with Crippen molar-refractivity contribution in [1.29, 1.82) is 0 Å². The molecule has 0 unspecified atom stereocenters. The highest BCUT2D eigenvalue weighted by atomic mass is 35.5. The lowest BCUT2D eigenvalue weighted by Gasteiger charge is -2.26. The second-order valence-electron chi connectivity index (χ2n) is 7.62. The summed E-state index contributed by atoms with van der Waals surface area (Å²) in [6.45, 7) is 3.34. The number of nitrogens with zero attached hydrogens (tertiary/aromatic N) is 5. The SMILES string of the molecule is CSc1nc(Cl)cc(Nc2cn[nH]c2-c2nc3ccc(CN4CCCCC4)cc3[nH]2)n1. The van der Waals surface area contributed by atoms with Crippen molar-refractivity contribution in [3.05, 3.63) is 41.2 Å². The van der Waals surface area contributed by atoms with Gasteiger partial charge >= 0.3 is 0 Å². The summed E-state index contributed by atoms with van der Waals surface area (Å²) < 4.78 is 0. The maximum atomic E-state index is 6.11. The number of imidazole rings is 1. The van der Waals surface area contributed by atoms with Crippen LogP contribution in [0.1, 0.15) is 24.8 Å². The molecule has 1 fully saturated rings. The van der Waals surface area contributed by atoms with Crippen molar-refractivity contribution in [2.75, 3.05) is 24.7 Å². The fraction of sp³-hybridized carbons (Fsp3) is 0.333. The maximum absolute atomic E-state index is 6.11. The second kappa shape index (κ2) is 8.86. The summed E-state index contributed by atoms with van der Waals surface area (Å²) >= 11 is 7.55. The topological polar surface area (TPSA) is 98.4 Å². The monoisotopic (exact) mass is 454 g/mol. The van der Waals surface area contributed by atoms with Crippen molar-refractivity contribution in [1.82, 2.24) is 35.0 Å². The number of hydrogen-bond donors (Lipinski definition) is 3. The van der Waals surface area contributed by atoms with Crippen molar-refractivity contribution >= 4 is 45.9 Å². The molecule has 0 aliphatic carbocycles. The Morgan fingerprint density at radius 2 is 2.00 bits per heavy atom. The average Bonchev–Trinajstić information content (AvgIpc) is 3.40. The first-order valence-electron chi connectivity index (χ1n) is 10.3. The molecule has 0 saturated carbocycles. The molecule has 3 aromatic heterocycles. The molecule has 0 atom stereocenters. The van der Waals surface area contributed by atoms with Gasteiger partial charge < -0.3 is 10.3 Å². The van der Waals surface area contributed by atoms with Gasteiger partial charge in [0.1, 0.15) is 16.7 Å². The van der Waals surface area contributed by atoms with E-state index in [0.717, 1.165) is 34.8 Å². The zero-order chi connectivity index (χ0) is 21.2. The first-order valence-corrected chi connectivity index (χ1v) is 11.9. The molecule has 160 valence electrons. The third kappa shape index (κ3) is 4.53. The third-order valence-electron chi connectivity index (χ3n) is 5.40. The zero-order valence-corrected chi connectivity index (χ0v) is 18.7. The van der Waals surface area contributed by atoms with Gasteiger partial charge in [-0.1, -0.05) is 35.9 Å². The van der Waals surface area contributed by atoms with Gasteiger partial charge in [-0.25, -0.2) is 15.0 Å². The fourth-order valence-electron chi connectivity index (χ4n) is 3.90. The highest BCUT2D eigenvalue weighted by Crippen LogP contribution is 2.29. The highest BCUT2D eigenvalue weighted by molar-refractivity contribution is 7.98. The van der Waals surface area contributed by atoms with Gasteiger partial charge in [0.2, 0.25) is 0 Å². The summed E-state index contributed by atoms with van der Waals surface area (Å²) in [6, 6.07) is 8.12. The van der Waals surface area contributed by atoms with Crippen molar-refractivity contribution in [2.45, 2.75) is 31.0 Å². The van der Waals surface area contributed by atoms with Gasteiger partial charge in [-0.2, -0.15) is 5.10 Å². The molecular weight excluding hydrogens is 432 g/mol. The van der Waals surface area contributed by atoms with E-state index in [9.17, 15) is 0 Å². The van der Waals surface area contributed by atoms with Crippen LogP contribution < -0.4 is 5.32 Å². The zero-order valence-electron chi connectivity index (χ0n) is 17.2. The first kappa shape index (κ1) is 20.3. The molecule has 10 heteroatoms. The van der Waals surface area contributed by atoms with E-state index in [-0.39, 0.29) is 0 Å². The number of hydrogen-bond acceptors (Lipinski definition) is 7. The highest BCUT2D eigenvalue weighted by Gasteiger charge is 2.15. The summed E-state index contributed by atoms with van der Waals surface area (Å²) in [5.74, 6) is 1.32. The summed E-state index contributed by atoms with van der Waals surface area (Å²) in [5.41, 5.74) is 4.75. The van der Waals surface area contributed by atoms with Gasteiger partial charge in [0.15, 0.2) is 11.0 Å². The van der Waals surface area contributed by atoms with Gasteiger partial charge in [-0.15, -0.1) is 0 Å². The second-order valence-corrected chi connectivity index (χ2v) is 8.78. The maximum Gasteiger partial charge on any atom is 0.190 e. The van der Waals surface area contributed by atoms with Gasteiger partial charge in [0.05, 0.1) is 22.9 Å². The smallest absolute Gasteiger partial charge is 0.190 e. The lowest BCUT2D eigenvalue weighted by atomic mass is 10.1. The van der Waals surface area contributed by atoms with Crippen LogP contribution >= 0.6 is 23.4 Å². The number of anilines is 2. The van der Waals surface area contributed by atoms with Gasteiger partial charge in [0.25, 0.3) is 0 Å². The molecule has 4 heterocycles. The number of rotatable bonds is 6. The molecule has 1 aromatic carbocycles. The van der Waals surface area contributed by atoms with Crippen molar-refractivity contribution in [2.24, 2.45) is 0 Å². The molecule has 31 heavy (non-hydrogen) atoms. The van der Waals surface area contributed by atoms with Crippen LogP contribution in [0.25, 0.3) is 22.6 Å². The van der Waals surface area contributed by atoms with Crippen LogP contribution in [0.2, 0.25) is 5.15 Å². The minimum Gasteiger partial charge on any atom is -0.337 e. The molecule has 3 N–H and O–H groups in total. The number of benzene rings is 1. The van der Waals surface area contributed by atoms with Crippen LogP contribution in [0.3, 0.4) is 0 Å². The van der Waals surface area contributed by atoms with Crippen molar-refractivity contribution < 1.29 is 0 Å². The summed E-state index contributed by atoms with van der Waals surface area (Å²) in [6.07, 6.45) is 7.55. The van der Waals surface area contributed by atoms with Gasteiger partial charge in [0, 0.05) is 12.6 Å². The van der Waals surface area contributed by atoms with Crippen LogP contribution in [0.15, 0.2) is 35.6 Å². The number of aromatic amines is 2. The molecule has 1 aliphatic heterocycles. The van der Waals surface area contributed by atoms with E-state index in [1.807, 2.05) is 6.26 Å². The molecule has 8 nitrogen and oxygen atoms in total. The number of nitrogens with one attached hydrogen (secondary N) is 3. The molecule has 0 amide bonds. The Hall–Kier alpha value is -2.62. The Bertz CT molecular complexity index is 1200. The number of fused-ring (bicyclic) bond motifs is 1.